The highest BCUT2D eigenvalue weighted by Gasteiger charge is 2.15. The fourth-order valence-electron chi connectivity index (χ4n) is 1.21. The monoisotopic (exact) mass is 255 g/mol. The van der Waals surface area contributed by atoms with E-state index < -0.39 is 5.95 Å². The van der Waals surface area contributed by atoms with Crippen molar-refractivity contribution in [2.45, 2.75) is 6.92 Å². The van der Waals surface area contributed by atoms with Gasteiger partial charge in [-0.3, -0.25) is 4.98 Å². The van der Waals surface area contributed by atoms with Gasteiger partial charge in [-0.05, 0) is 19.1 Å². The zero-order valence-corrected chi connectivity index (χ0v) is 10.3. The number of anilines is 1. The normalized spacial score (nSPS) is 10.4. The first kappa shape index (κ1) is 11.3. The molecule has 2 heterocycles. The van der Waals surface area contributed by atoms with Crippen LogP contribution in [-0.4, -0.2) is 16.5 Å². The summed E-state index contributed by atoms with van der Waals surface area (Å²) in [5.74, 6) is -0.485. The minimum absolute atomic E-state index is 0.435. The third-order valence-electron chi connectivity index (χ3n) is 2.01. The smallest absolute Gasteiger partial charge is 0.249 e. The average molecular weight is 255 g/mol. The van der Waals surface area contributed by atoms with Gasteiger partial charge in [-0.2, -0.15) is 4.39 Å². The first-order chi connectivity index (χ1) is 7.72. The molecule has 0 aromatic carbocycles. The maximum atomic E-state index is 13.5. The highest BCUT2D eigenvalue weighted by Crippen LogP contribution is 2.33. The van der Waals surface area contributed by atoms with Crippen LogP contribution in [0.3, 0.4) is 0 Å². The van der Waals surface area contributed by atoms with E-state index in [2.05, 4.69) is 22.8 Å². The van der Waals surface area contributed by atoms with Crippen LogP contribution in [0.2, 0.25) is 0 Å². The Balaban J connectivity index is 2.38. The first-order valence-corrected chi connectivity index (χ1v) is 5.97. The first-order valence-electron chi connectivity index (χ1n) is 4.75. The molecule has 0 aliphatic rings. The summed E-state index contributed by atoms with van der Waals surface area (Å²) in [4.78, 5) is 7.85. The summed E-state index contributed by atoms with van der Waals surface area (Å²) in [7, 11) is 0. The van der Waals surface area contributed by atoms with E-state index in [0.29, 0.717) is 16.6 Å². The Morgan fingerprint density at radius 2 is 2.38 bits per heavy atom. The van der Waals surface area contributed by atoms with E-state index in [1.165, 1.54) is 15.6 Å². The number of pyridine rings is 1. The molecule has 0 spiro atoms. The van der Waals surface area contributed by atoms with E-state index in [1.807, 2.05) is 13.0 Å². The van der Waals surface area contributed by atoms with Crippen LogP contribution in [-0.2, 0) is 0 Å². The molecule has 0 fully saturated rings. The molecule has 0 unspecified atom stereocenters. The summed E-state index contributed by atoms with van der Waals surface area (Å²) in [5.41, 5.74) is 0.815. The van der Waals surface area contributed by atoms with Crippen molar-refractivity contribution in [3.05, 3.63) is 30.5 Å². The molecule has 0 aliphatic carbocycles. The van der Waals surface area contributed by atoms with E-state index in [1.54, 1.807) is 18.5 Å². The van der Waals surface area contributed by atoms with Gasteiger partial charge < -0.3 is 4.31 Å². The van der Waals surface area contributed by atoms with Crippen LogP contribution in [0.4, 0.5) is 9.39 Å². The number of hydrogen-bond acceptors (Lipinski definition) is 5. The minimum Gasteiger partial charge on any atom is -0.307 e. The van der Waals surface area contributed by atoms with Crippen LogP contribution in [0.5, 0.6) is 0 Å². The van der Waals surface area contributed by atoms with Gasteiger partial charge in [-0.15, -0.1) is 0 Å². The van der Waals surface area contributed by atoms with Crippen LogP contribution in [0, 0.1) is 5.95 Å². The number of hydrogen-bond donors (Lipinski definition) is 1. The lowest BCUT2D eigenvalue weighted by molar-refractivity contribution is 0.594. The lowest BCUT2D eigenvalue weighted by Gasteiger charge is -2.10. The number of rotatable bonds is 3. The van der Waals surface area contributed by atoms with Crippen LogP contribution in [0.1, 0.15) is 6.92 Å². The summed E-state index contributed by atoms with van der Waals surface area (Å²) in [5, 5.41) is 1.05. The molecule has 3 nitrogen and oxygen atoms in total. The van der Waals surface area contributed by atoms with Gasteiger partial charge in [0.05, 0.1) is 0 Å². The van der Waals surface area contributed by atoms with Gasteiger partial charge in [0.2, 0.25) is 5.95 Å². The van der Waals surface area contributed by atoms with Crippen molar-refractivity contribution in [1.82, 2.24) is 9.97 Å². The number of nitrogens with zero attached hydrogens (tertiary/aromatic N) is 3. The van der Waals surface area contributed by atoms with Crippen molar-refractivity contribution in [3.63, 3.8) is 0 Å². The van der Waals surface area contributed by atoms with Gasteiger partial charge in [0.15, 0.2) is 5.00 Å². The Bertz CT molecular complexity index is 472. The molecule has 2 aromatic heterocycles. The van der Waals surface area contributed by atoms with Gasteiger partial charge in [0.25, 0.3) is 0 Å². The maximum absolute atomic E-state index is 13.5. The molecule has 84 valence electrons. The molecule has 0 atom stereocenters. The third-order valence-corrected chi connectivity index (χ3v) is 3.73. The predicted octanol–water partition coefficient (Wildman–Crippen LogP) is 3.02. The second-order valence-electron chi connectivity index (χ2n) is 3.07. The Morgan fingerprint density at radius 3 is 3.00 bits per heavy atom. The lowest BCUT2D eigenvalue weighted by atomic mass is 10.3. The SMILES string of the molecule is CCN(S)c1sc(-c2cccnc2)nc1F. The largest absolute Gasteiger partial charge is 0.307 e. The van der Waals surface area contributed by atoms with Gasteiger partial charge >= 0.3 is 0 Å². The van der Waals surface area contributed by atoms with Crippen LogP contribution >= 0.6 is 24.2 Å². The standard InChI is InChI=1S/C10H10FN3S2/c1-2-14(15)10-8(11)13-9(16-10)7-4-3-5-12-6-7/h3-6,15H,2H2,1H3. The van der Waals surface area contributed by atoms with Crippen LogP contribution in [0.15, 0.2) is 24.5 Å². The number of thiol groups is 1. The molecule has 0 bridgehead atoms. The van der Waals surface area contributed by atoms with Gasteiger partial charge in [0, 0.05) is 24.5 Å². The predicted molar refractivity (Wildman–Crippen MR) is 67.3 cm³/mol. The zero-order valence-electron chi connectivity index (χ0n) is 8.59. The average Bonchev–Trinajstić information content (AvgIpc) is 2.71. The quantitative estimate of drug-likeness (QED) is 0.855. The Hall–Kier alpha value is -1.14. The molecule has 0 saturated heterocycles. The molecule has 0 amide bonds. The van der Waals surface area contributed by atoms with Crippen molar-refractivity contribution >= 4 is 29.2 Å². The molecule has 0 saturated carbocycles. The molecule has 0 radical (unpaired) electrons. The molecular weight excluding hydrogens is 245 g/mol. The fraction of sp³-hybridized carbons (Fsp3) is 0.200. The zero-order chi connectivity index (χ0) is 11.5. The summed E-state index contributed by atoms with van der Waals surface area (Å²) >= 11 is 5.43. The summed E-state index contributed by atoms with van der Waals surface area (Å²) in [6.07, 6.45) is 3.34. The Labute approximate surface area is 103 Å². The highest BCUT2D eigenvalue weighted by molar-refractivity contribution is 7.82. The van der Waals surface area contributed by atoms with Crippen molar-refractivity contribution in [2.75, 3.05) is 10.8 Å². The Kier molecular flexibility index (Phi) is 3.40. The topological polar surface area (TPSA) is 29.0 Å². The molecule has 16 heavy (non-hydrogen) atoms. The lowest BCUT2D eigenvalue weighted by Crippen LogP contribution is -2.08. The van der Waals surface area contributed by atoms with Crippen LogP contribution in [0.25, 0.3) is 10.6 Å². The molecule has 0 aliphatic heterocycles. The summed E-state index contributed by atoms with van der Waals surface area (Å²) in [6, 6.07) is 3.65. The fourth-order valence-corrected chi connectivity index (χ4v) is 2.33. The summed E-state index contributed by atoms with van der Waals surface area (Å²) in [6.45, 7) is 2.52. The summed E-state index contributed by atoms with van der Waals surface area (Å²) < 4.78 is 15.1. The van der Waals surface area contributed by atoms with Gasteiger partial charge in [-0.1, -0.05) is 24.2 Å². The van der Waals surface area contributed by atoms with E-state index in [0.717, 1.165) is 5.56 Å². The van der Waals surface area contributed by atoms with E-state index >= 15 is 0 Å². The molecule has 2 aromatic rings. The highest BCUT2D eigenvalue weighted by atomic mass is 32.1. The van der Waals surface area contributed by atoms with Crippen LogP contribution < -0.4 is 4.31 Å². The van der Waals surface area contributed by atoms with Gasteiger partial charge in [0.1, 0.15) is 5.01 Å². The van der Waals surface area contributed by atoms with Crippen molar-refractivity contribution < 1.29 is 4.39 Å². The van der Waals surface area contributed by atoms with E-state index in [9.17, 15) is 4.39 Å². The van der Waals surface area contributed by atoms with Crippen molar-refractivity contribution in [2.24, 2.45) is 0 Å². The maximum Gasteiger partial charge on any atom is 0.249 e. The van der Waals surface area contributed by atoms with Gasteiger partial charge in [-0.25, -0.2) is 4.98 Å². The van der Waals surface area contributed by atoms with Crippen molar-refractivity contribution in [3.8, 4) is 10.6 Å². The van der Waals surface area contributed by atoms with Crippen molar-refractivity contribution in [1.29, 1.82) is 0 Å². The molecule has 0 N–H and O–H groups in total. The number of thiazole rings is 1. The number of halogens is 1. The van der Waals surface area contributed by atoms with E-state index in [4.69, 9.17) is 0 Å². The minimum atomic E-state index is -0.485. The second-order valence-corrected chi connectivity index (χ2v) is 4.53. The molecular formula is C10H10FN3S2. The number of aromatic nitrogens is 2. The molecule has 6 heteroatoms. The third kappa shape index (κ3) is 2.17. The molecule has 2 rings (SSSR count). The second kappa shape index (κ2) is 4.80. The van der Waals surface area contributed by atoms with E-state index in [-0.39, 0.29) is 0 Å². The Morgan fingerprint density at radius 1 is 1.56 bits per heavy atom.